The van der Waals surface area contributed by atoms with E-state index in [-0.39, 0.29) is 0 Å². The molecule has 2 aromatic rings. The zero-order chi connectivity index (χ0) is 11.7. The van der Waals surface area contributed by atoms with E-state index in [0.717, 1.165) is 18.9 Å². The highest BCUT2D eigenvalue weighted by atomic mass is 32.1. The van der Waals surface area contributed by atoms with Crippen molar-refractivity contribution in [3.05, 3.63) is 24.3 Å². The molecule has 0 amide bonds. The van der Waals surface area contributed by atoms with Crippen molar-refractivity contribution in [2.45, 2.75) is 18.9 Å². The molecule has 2 heterocycles. The normalized spacial score (nSPS) is 20.6. The molecule has 17 heavy (non-hydrogen) atoms. The first-order chi connectivity index (χ1) is 8.36. The van der Waals surface area contributed by atoms with Crippen LogP contribution in [0.3, 0.4) is 0 Å². The average molecular weight is 247 g/mol. The summed E-state index contributed by atoms with van der Waals surface area (Å²) in [4.78, 5) is 2.34. The van der Waals surface area contributed by atoms with Gasteiger partial charge in [0, 0.05) is 25.0 Å². The zero-order valence-electron chi connectivity index (χ0n) is 10.0. The molecule has 0 bridgehead atoms. The van der Waals surface area contributed by atoms with Crippen molar-refractivity contribution in [1.82, 2.24) is 9.69 Å². The van der Waals surface area contributed by atoms with E-state index in [1.807, 2.05) is 0 Å². The number of nitrogens with zero attached hydrogens (tertiary/aromatic N) is 2. The molecule has 4 heteroatoms. The SMILES string of the molecule is CN(c1nsc2ccccc12)[C@@H]1CCCNC1. The van der Waals surface area contributed by atoms with Crippen LogP contribution in [0.1, 0.15) is 12.8 Å². The van der Waals surface area contributed by atoms with Crippen molar-refractivity contribution < 1.29 is 0 Å². The number of fused-ring (bicyclic) bond motifs is 1. The molecule has 1 saturated heterocycles. The van der Waals surface area contributed by atoms with Crippen molar-refractivity contribution in [1.29, 1.82) is 0 Å². The second-order valence-electron chi connectivity index (χ2n) is 4.61. The van der Waals surface area contributed by atoms with Crippen molar-refractivity contribution in [3.8, 4) is 0 Å². The third-order valence-corrected chi connectivity index (χ3v) is 4.33. The van der Waals surface area contributed by atoms with Gasteiger partial charge in [0.15, 0.2) is 0 Å². The third-order valence-electron chi connectivity index (χ3n) is 3.51. The maximum Gasteiger partial charge on any atom is 0.150 e. The van der Waals surface area contributed by atoms with Gasteiger partial charge in [-0.2, -0.15) is 4.37 Å². The summed E-state index contributed by atoms with van der Waals surface area (Å²) in [6.07, 6.45) is 2.52. The van der Waals surface area contributed by atoms with Crippen LogP contribution in [0.5, 0.6) is 0 Å². The second-order valence-corrected chi connectivity index (χ2v) is 5.42. The molecule has 1 aromatic carbocycles. The van der Waals surface area contributed by atoms with Gasteiger partial charge >= 0.3 is 0 Å². The number of rotatable bonds is 2. The van der Waals surface area contributed by atoms with Gasteiger partial charge in [-0.3, -0.25) is 0 Å². The maximum atomic E-state index is 4.61. The molecule has 1 fully saturated rings. The van der Waals surface area contributed by atoms with E-state index in [4.69, 9.17) is 0 Å². The summed E-state index contributed by atoms with van der Waals surface area (Å²) in [7, 11) is 2.17. The molecular formula is C13H17N3S. The molecule has 1 atom stereocenters. The van der Waals surface area contributed by atoms with Crippen molar-refractivity contribution in [2.24, 2.45) is 0 Å². The van der Waals surface area contributed by atoms with Crippen LogP contribution in [0.15, 0.2) is 24.3 Å². The van der Waals surface area contributed by atoms with Crippen LogP contribution in [0.25, 0.3) is 10.1 Å². The Morgan fingerprint density at radius 3 is 3.12 bits per heavy atom. The molecule has 0 saturated carbocycles. The Morgan fingerprint density at radius 1 is 1.41 bits per heavy atom. The highest BCUT2D eigenvalue weighted by Gasteiger charge is 2.21. The number of piperidine rings is 1. The Morgan fingerprint density at radius 2 is 2.29 bits per heavy atom. The molecule has 3 nitrogen and oxygen atoms in total. The molecule has 90 valence electrons. The third kappa shape index (κ3) is 2.03. The molecule has 0 radical (unpaired) electrons. The first kappa shape index (κ1) is 11.0. The lowest BCUT2D eigenvalue weighted by Gasteiger charge is -2.32. The summed E-state index contributed by atoms with van der Waals surface area (Å²) in [5, 5.41) is 4.74. The Hall–Kier alpha value is -1.13. The highest BCUT2D eigenvalue weighted by molar-refractivity contribution is 7.13. The Balaban J connectivity index is 1.92. The maximum absolute atomic E-state index is 4.61. The fourth-order valence-corrected chi connectivity index (χ4v) is 3.27. The van der Waals surface area contributed by atoms with E-state index in [9.17, 15) is 0 Å². The van der Waals surface area contributed by atoms with Gasteiger partial charge in [0.25, 0.3) is 0 Å². The van der Waals surface area contributed by atoms with Crippen LogP contribution in [-0.4, -0.2) is 30.6 Å². The fourth-order valence-electron chi connectivity index (χ4n) is 2.46. The van der Waals surface area contributed by atoms with Crippen molar-refractivity contribution >= 4 is 27.4 Å². The largest absolute Gasteiger partial charge is 0.354 e. The quantitative estimate of drug-likeness (QED) is 0.883. The molecular weight excluding hydrogens is 230 g/mol. The van der Waals surface area contributed by atoms with E-state index in [2.05, 4.69) is 45.9 Å². The van der Waals surface area contributed by atoms with Crippen molar-refractivity contribution in [2.75, 3.05) is 25.0 Å². The molecule has 0 unspecified atom stereocenters. The minimum Gasteiger partial charge on any atom is -0.354 e. The van der Waals surface area contributed by atoms with Gasteiger partial charge in [-0.25, -0.2) is 0 Å². The van der Waals surface area contributed by atoms with Crippen molar-refractivity contribution in [3.63, 3.8) is 0 Å². The number of likely N-dealkylation sites (N-methyl/N-ethyl adjacent to an activating group) is 1. The van der Waals surface area contributed by atoms with E-state index in [1.165, 1.54) is 22.9 Å². The number of benzene rings is 1. The smallest absolute Gasteiger partial charge is 0.150 e. The predicted octanol–water partition coefficient (Wildman–Crippen LogP) is 2.48. The number of aromatic nitrogens is 1. The van der Waals surface area contributed by atoms with Gasteiger partial charge in [-0.05, 0) is 43.1 Å². The zero-order valence-corrected chi connectivity index (χ0v) is 10.8. The van der Waals surface area contributed by atoms with Crippen LogP contribution in [0.2, 0.25) is 0 Å². The van der Waals surface area contributed by atoms with Gasteiger partial charge in [0.05, 0.1) is 4.70 Å². The minimum atomic E-state index is 0.578. The van der Waals surface area contributed by atoms with E-state index in [1.54, 1.807) is 11.5 Å². The topological polar surface area (TPSA) is 28.2 Å². The van der Waals surface area contributed by atoms with E-state index in [0.29, 0.717) is 6.04 Å². The Labute approximate surface area is 106 Å². The summed E-state index contributed by atoms with van der Waals surface area (Å²) in [5.74, 6) is 1.14. The molecule has 1 N–H and O–H groups in total. The van der Waals surface area contributed by atoms with Gasteiger partial charge in [-0.15, -0.1) is 0 Å². The lowest BCUT2D eigenvalue weighted by molar-refractivity contribution is 0.444. The lowest BCUT2D eigenvalue weighted by atomic mass is 10.1. The number of anilines is 1. The van der Waals surface area contributed by atoms with Crippen LogP contribution < -0.4 is 10.2 Å². The van der Waals surface area contributed by atoms with E-state index >= 15 is 0 Å². The highest BCUT2D eigenvalue weighted by Crippen LogP contribution is 2.30. The van der Waals surface area contributed by atoms with Crippen LogP contribution >= 0.6 is 11.5 Å². The molecule has 1 aliphatic heterocycles. The fraction of sp³-hybridized carbons (Fsp3) is 0.462. The summed E-state index contributed by atoms with van der Waals surface area (Å²) in [5.41, 5.74) is 0. The minimum absolute atomic E-state index is 0.578. The first-order valence-electron chi connectivity index (χ1n) is 6.14. The summed E-state index contributed by atoms with van der Waals surface area (Å²) < 4.78 is 5.89. The number of nitrogens with one attached hydrogen (secondary N) is 1. The van der Waals surface area contributed by atoms with Gasteiger partial charge < -0.3 is 10.2 Å². The van der Waals surface area contributed by atoms with Crippen LogP contribution in [0, 0.1) is 0 Å². The molecule has 3 rings (SSSR count). The Kier molecular flexibility index (Phi) is 2.99. The first-order valence-corrected chi connectivity index (χ1v) is 6.91. The molecule has 0 spiro atoms. The summed E-state index contributed by atoms with van der Waals surface area (Å²) in [6, 6.07) is 9.05. The number of hydrogen-bond donors (Lipinski definition) is 1. The summed E-state index contributed by atoms with van der Waals surface area (Å²) >= 11 is 1.59. The van der Waals surface area contributed by atoms with Gasteiger partial charge in [0.2, 0.25) is 0 Å². The second kappa shape index (κ2) is 4.63. The summed E-state index contributed by atoms with van der Waals surface area (Å²) in [6.45, 7) is 2.23. The number of hydrogen-bond acceptors (Lipinski definition) is 4. The average Bonchev–Trinajstić information content (AvgIpc) is 2.83. The monoisotopic (exact) mass is 247 g/mol. The standard InChI is InChI=1S/C13H17N3S/c1-16(10-5-4-8-14-9-10)13-11-6-2-3-7-12(11)17-15-13/h2-3,6-7,10,14H,4-5,8-9H2,1H3/t10-/m1/s1. The van der Waals surface area contributed by atoms with Gasteiger partial charge in [0.1, 0.15) is 5.82 Å². The molecule has 0 aliphatic carbocycles. The van der Waals surface area contributed by atoms with E-state index < -0.39 is 0 Å². The Bertz CT molecular complexity index is 502. The van der Waals surface area contributed by atoms with Gasteiger partial charge in [-0.1, -0.05) is 12.1 Å². The van der Waals surface area contributed by atoms with Crippen LogP contribution in [-0.2, 0) is 0 Å². The predicted molar refractivity (Wildman–Crippen MR) is 73.9 cm³/mol. The lowest BCUT2D eigenvalue weighted by Crippen LogP contribution is -2.44. The molecule has 1 aliphatic rings. The molecule has 1 aromatic heterocycles. The van der Waals surface area contributed by atoms with Crippen LogP contribution in [0.4, 0.5) is 5.82 Å².